The molecule has 2 aromatic carbocycles. The number of carbonyl (C=O) groups excluding carboxylic acids is 1. The third-order valence-electron chi connectivity index (χ3n) is 5.32. The standard InChI is InChI=1S/C23H25N3O3S/c1-16-5-9-19(10-6-16)30(28,29)25-14-12-17-7-8-18(15-21(17)25)20-11-13-24-26(20)22(27)23(2,3)4/h5-10,12-15,20H,11H2,1-4H3. The minimum Gasteiger partial charge on any atom is -0.272 e. The largest absolute Gasteiger partial charge is 0.272 e. The molecule has 2 heterocycles. The summed E-state index contributed by atoms with van der Waals surface area (Å²) in [7, 11) is -3.73. The minimum atomic E-state index is -3.73. The van der Waals surface area contributed by atoms with Crippen molar-refractivity contribution in [3.63, 3.8) is 0 Å². The lowest BCUT2D eigenvalue weighted by atomic mass is 9.93. The molecule has 1 aromatic heterocycles. The van der Waals surface area contributed by atoms with Crippen molar-refractivity contribution in [1.29, 1.82) is 0 Å². The Hall–Kier alpha value is -2.93. The van der Waals surface area contributed by atoms with Crippen LogP contribution in [0.15, 0.2) is 64.7 Å². The molecule has 0 radical (unpaired) electrons. The summed E-state index contributed by atoms with van der Waals surface area (Å²) in [5, 5.41) is 6.63. The Bertz CT molecular complexity index is 1250. The topological polar surface area (TPSA) is 71.7 Å². The van der Waals surface area contributed by atoms with Crippen molar-refractivity contribution in [3.05, 3.63) is 65.9 Å². The molecule has 156 valence electrons. The van der Waals surface area contributed by atoms with Crippen molar-refractivity contribution in [2.75, 3.05) is 0 Å². The van der Waals surface area contributed by atoms with Gasteiger partial charge in [0.15, 0.2) is 0 Å². The molecular weight excluding hydrogens is 398 g/mol. The zero-order valence-electron chi connectivity index (χ0n) is 17.5. The van der Waals surface area contributed by atoms with Gasteiger partial charge in [-0.05, 0) is 36.8 Å². The molecule has 0 saturated heterocycles. The smallest absolute Gasteiger partial charge is 0.268 e. The van der Waals surface area contributed by atoms with Crippen LogP contribution in [0.2, 0.25) is 0 Å². The van der Waals surface area contributed by atoms with Crippen molar-refractivity contribution in [1.82, 2.24) is 8.98 Å². The highest BCUT2D eigenvalue weighted by Gasteiger charge is 2.35. The van der Waals surface area contributed by atoms with Crippen LogP contribution in [0.4, 0.5) is 0 Å². The third kappa shape index (κ3) is 3.43. The van der Waals surface area contributed by atoms with Crippen molar-refractivity contribution >= 4 is 33.0 Å². The number of fused-ring (bicyclic) bond motifs is 1. The number of hydrazone groups is 1. The maximum Gasteiger partial charge on any atom is 0.268 e. The highest BCUT2D eigenvalue weighted by Crippen LogP contribution is 2.34. The van der Waals surface area contributed by atoms with Crippen molar-refractivity contribution < 1.29 is 13.2 Å². The van der Waals surface area contributed by atoms with E-state index in [0.717, 1.165) is 16.5 Å². The fraction of sp³-hybridized carbons (Fsp3) is 0.304. The summed E-state index contributed by atoms with van der Waals surface area (Å²) >= 11 is 0. The predicted octanol–water partition coefficient (Wildman–Crippen LogP) is 4.49. The molecule has 4 rings (SSSR count). The van der Waals surface area contributed by atoms with E-state index in [1.165, 1.54) is 8.98 Å². The lowest BCUT2D eigenvalue weighted by Gasteiger charge is -2.28. The number of aromatic nitrogens is 1. The van der Waals surface area contributed by atoms with Gasteiger partial charge in [-0.1, -0.05) is 50.6 Å². The van der Waals surface area contributed by atoms with Gasteiger partial charge in [0.2, 0.25) is 5.91 Å². The molecule has 7 heteroatoms. The van der Waals surface area contributed by atoms with Crippen LogP contribution in [0.1, 0.15) is 44.4 Å². The summed E-state index contributed by atoms with van der Waals surface area (Å²) in [6, 6.07) is 14.0. The number of amides is 1. The van der Waals surface area contributed by atoms with Crippen LogP contribution >= 0.6 is 0 Å². The number of benzene rings is 2. The monoisotopic (exact) mass is 423 g/mol. The van der Waals surface area contributed by atoms with E-state index in [1.54, 1.807) is 42.7 Å². The highest BCUT2D eigenvalue weighted by molar-refractivity contribution is 7.90. The highest BCUT2D eigenvalue weighted by atomic mass is 32.2. The second-order valence-electron chi connectivity index (χ2n) is 8.70. The SMILES string of the molecule is Cc1ccc(S(=O)(=O)n2ccc3ccc(C4CC=NN4C(=O)C(C)(C)C)cc32)cc1. The molecule has 1 aliphatic rings. The summed E-state index contributed by atoms with van der Waals surface area (Å²) in [6.07, 6.45) is 3.91. The predicted molar refractivity (Wildman–Crippen MR) is 118 cm³/mol. The fourth-order valence-electron chi connectivity index (χ4n) is 3.59. The Balaban J connectivity index is 1.77. The summed E-state index contributed by atoms with van der Waals surface area (Å²) in [5.74, 6) is -0.0657. The van der Waals surface area contributed by atoms with Gasteiger partial charge in [-0.15, -0.1) is 0 Å². The number of rotatable bonds is 3. The van der Waals surface area contributed by atoms with Gasteiger partial charge in [0, 0.05) is 29.6 Å². The van der Waals surface area contributed by atoms with E-state index in [1.807, 2.05) is 45.9 Å². The molecule has 0 aliphatic carbocycles. The first-order valence-electron chi connectivity index (χ1n) is 9.88. The number of hydrogen-bond acceptors (Lipinski definition) is 4. The molecule has 1 amide bonds. The summed E-state index contributed by atoms with van der Waals surface area (Å²) in [6.45, 7) is 7.51. The van der Waals surface area contributed by atoms with E-state index in [-0.39, 0.29) is 16.8 Å². The van der Waals surface area contributed by atoms with Gasteiger partial charge in [0.25, 0.3) is 10.0 Å². The van der Waals surface area contributed by atoms with Crippen molar-refractivity contribution in [2.24, 2.45) is 10.5 Å². The molecule has 1 atom stereocenters. The molecule has 3 aromatic rings. The molecule has 0 saturated carbocycles. The maximum absolute atomic E-state index is 13.2. The van der Waals surface area contributed by atoms with E-state index in [4.69, 9.17) is 0 Å². The molecule has 30 heavy (non-hydrogen) atoms. The van der Waals surface area contributed by atoms with E-state index >= 15 is 0 Å². The normalized spacial score (nSPS) is 17.1. The van der Waals surface area contributed by atoms with Gasteiger partial charge in [0.1, 0.15) is 0 Å². The summed E-state index contributed by atoms with van der Waals surface area (Å²) in [5.41, 5.74) is 1.89. The Kier molecular flexibility index (Phi) is 4.81. The Morgan fingerprint density at radius 3 is 2.43 bits per heavy atom. The van der Waals surface area contributed by atoms with Gasteiger partial charge >= 0.3 is 0 Å². The second kappa shape index (κ2) is 7.09. The third-order valence-corrected chi connectivity index (χ3v) is 7.03. The van der Waals surface area contributed by atoms with Gasteiger partial charge in [-0.2, -0.15) is 5.10 Å². The zero-order chi connectivity index (χ0) is 21.7. The van der Waals surface area contributed by atoms with E-state index in [2.05, 4.69) is 5.10 Å². The summed E-state index contributed by atoms with van der Waals surface area (Å²) < 4.78 is 27.8. The quantitative estimate of drug-likeness (QED) is 0.623. The summed E-state index contributed by atoms with van der Waals surface area (Å²) in [4.78, 5) is 13.1. The van der Waals surface area contributed by atoms with Gasteiger partial charge in [-0.25, -0.2) is 17.4 Å². The lowest BCUT2D eigenvalue weighted by Crippen LogP contribution is -2.36. The van der Waals surface area contributed by atoms with Gasteiger partial charge in [0.05, 0.1) is 16.5 Å². The van der Waals surface area contributed by atoms with Crippen LogP contribution in [-0.4, -0.2) is 29.5 Å². The molecule has 1 unspecified atom stereocenters. The Morgan fingerprint density at radius 2 is 1.77 bits per heavy atom. The zero-order valence-corrected chi connectivity index (χ0v) is 18.3. The minimum absolute atomic E-state index is 0.0657. The lowest BCUT2D eigenvalue weighted by molar-refractivity contribution is -0.141. The number of aryl methyl sites for hydroxylation is 1. The molecule has 0 fully saturated rings. The average Bonchev–Trinajstić information content (AvgIpc) is 3.33. The number of carbonyl (C=O) groups is 1. The van der Waals surface area contributed by atoms with E-state index in [0.29, 0.717) is 11.9 Å². The molecule has 0 N–H and O–H groups in total. The Morgan fingerprint density at radius 1 is 1.07 bits per heavy atom. The number of hydrogen-bond donors (Lipinski definition) is 0. The molecule has 6 nitrogen and oxygen atoms in total. The van der Waals surface area contributed by atoms with Crippen LogP contribution < -0.4 is 0 Å². The number of nitrogens with zero attached hydrogens (tertiary/aromatic N) is 3. The van der Waals surface area contributed by atoms with Crippen molar-refractivity contribution in [2.45, 2.75) is 45.1 Å². The molecule has 1 aliphatic heterocycles. The van der Waals surface area contributed by atoms with Gasteiger partial charge in [-0.3, -0.25) is 4.79 Å². The average molecular weight is 424 g/mol. The first-order chi connectivity index (χ1) is 14.1. The molecule has 0 spiro atoms. The first kappa shape index (κ1) is 20.3. The Labute approximate surface area is 176 Å². The van der Waals surface area contributed by atoms with Crippen LogP contribution in [0.5, 0.6) is 0 Å². The van der Waals surface area contributed by atoms with E-state index < -0.39 is 15.4 Å². The fourth-order valence-corrected chi connectivity index (χ4v) is 4.94. The van der Waals surface area contributed by atoms with Gasteiger partial charge < -0.3 is 0 Å². The van der Waals surface area contributed by atoms with Crippen molar-refractivity contribution in [3.8, 4) is 0 Å². The van der Waals surface area contributed by atoms with Crippen LogP contribution in [0.3, 0.4) is 0 Å². The molecule has 0 bridgehead atoms. The second-order valence-corrected chi connectivity index (χ2v) is 10.5. The first-order valence-corrected chi connectivity index (χ1v) is 11.3. The van der Waals surface area contributed by atoms with Crippen LogP contribution in [-0.2, 0) is 14.8 Å². The molecular formula is C23H25N3O3S. The maximum atomic E-state index is 13.2. The van der Waals surface area contributed by atoms with Crippen LogP contribution in [0.25, 0.3) is 10.9 Å². The van der Waals surface area contributed by atoms with Crippen LogP contribution in [0, 0.1) is 12.3 Å². The van der Waals surface area contributed by atoms with E-state index in [9.17, 15) is 13.2 Å².